The van der Waals surface area contributed by atoms with Crippen LogP contribution in [-0.4, -0.2) is 17.9 Å². The zero-order valence-corrected chi connectivity index (χ0v) is 11.8. The number of carbonyl (C=O) groups is 2. The smallest absolute Gasteiger partial charge is 0.368 e. The Kier molecular flexibility index (Phi) is 5.50. The minimum atomic E-state index is -5.10. The third kappa shape index (κ3) is 4.91. The Bertz CT molecular complexity index is 656. The molecule has 1 rings (SSSR count). The lowest BCUT2D eigenvalue weighted by Crippen LogP contribution is -2.44. The number of primary amides is 1. The summed E-state index contributed by atoms with van der Waals surface area (Å²) in [5, 5.41) is 1.90. The molecule has 0 unspecified atom stereocenters. The molecule has 1 atom stereocenters. The number of rotatable bonds is 4. The van der Waals surface area contributed by atoms with Gasteiger partial charge in [-0.2, -0.15) is 26.3 Å². The summed E-state index contributed by atoms with van der Waals surface area (Å²) in [7, 11) is 0. The maximum absolute atomic E-state index is 12.7. The summed E-state index contributed by atoms with van der Waals surface area (Å²) in [6.45, 7) is 0. The Balaban J connectivity index is 3.29. The molecule has 1 aromatic carbocycles. The number of amides is 2. The van der Waals surface area contributed by atoms with Gasteiger partial charge in [-0.3, -0.25) is 9.59 Å². The molecular formula is C14H10F6N2O2. The van der Waals surface area contributed by atoms with Crippen LogP contribution < -0.4 is 11.1 Å². The lowest BCUT2D eigenvalue weighted by Gasteiger charge is -2.16. The fraction of sp³-hybridized carbons (Fsp3) is 0.286. The first-order chi connectivity index (χ1) is 10.9. The summed E-state index contributed by atoms with van der Waals surface area (Å²) < 4.78 is 76.3. The number of hydrogen-bond donors (Lipinski definition) is 2. The second-order valence-corrected chi connectivity index (χ2v) is 4.63. The van der Waals surface area contributed by atoms with E-state index in [0.717, 1.165) is 0 Å². The predicted molar refractivity (Wildman–Crippen MR) is 70.3 cm³/mol. The van der Waals surface area contributed by atoms with Crippen LogP contribution in [-0.2, 0) is 17.1 Å². The lowest BCUT2D eigenvalue weighted by atomic mass is 10.0. The Morgan fingerprint density at radius 2 is 1.54 bits per heavy atom. The van der Waals surface area contributed by atoms with Crippen LogP contribution in [0.5, 0.6) is 0 Å². The average molecular weight is 352 g/mol. The molecule has 0 aromatic heterocycles. The third-order valence-electron chi connectivity index (χ3n) is 2.82. The number of carbonyl (C=O) groups excluding carboxylic acids is 2. The molecule has 1 aromatic rings. The molecule has 2 amide bonds. The fourth-order valence-corrected chi connectivity index (χ4v) is 1.67. The van der Waals surface area contributed by atoms with Crippen molar-refractivity contribution in [1.82, 2.24) is 5.32 Å². The van der Waals surface area contributed by atoms with Crippen LogP contribution >= 0.6 is 0 Å². The average Bonchev–Trinajstić information content (AvgIpc) is 2.44. The van der Waals surface area contributed by atoms with Crippen molar-refractivity contribution in [1.29, 1.82) is 0 Å². The van der Waals surface area contributed by atoms with Crippen molar-refractivity contribution in [3.8, 4) is 12.3 Å². The second-order valence-electron chi connectivity index (χ2n) is 4.63. The van der Waals surface area contributed by atoms with Crippen LogP contribution in [0.4, 0.5) is 26.3 Å². The largest absolute Gasteiger partial charge is 0.416 e. The van der Waals surface area contributed by atoms with E-state index < -0.39 is 46.9 Å². The van der Waals surface area contributed by atoms with Crippen molar-refractivity contribution in [3.63, 3.8) is 0 Å². The van der Waals surface area contributed by atoms with E-state index in [-0.39, 0.29) is 24.6 Å². The summed E-state index contributed by atoms with van der Waals surface area (Å²) in [5.41, 5.74) is 0.693. The Morgan fingerprint density at radius 3 is 1.88 bits per heavy atom. The van der Waals surface area contributed by atoms with E-state index in [9.17, 15) is 35.9 Å². The molecule has 10 heteroatoms. The first-order valence-electron chi connectivity index (χ1n) is 6.19. The highest BCUT2D eigenvalue weighted by atomic mass is 19.4. The van der Waals surface area contributed by atoms with Gasteiger partial charge in [0.25, 0.3) is 5.91 Å². The summed E-state index contributed by atoms with van der Waals surface area (Å²) in [6, 6.07) is -1.08. The molecule has 4 nitrogen and oxygen atoms in total. The Morgan fingerprint density at radius 1 is 1.08 bits per heavy atom. The van der Waals surface area contributed by atoms with Crippen molar-refractivity contribution in [3.05, 3.63) is 34.9 Å². The van der Waals surface area contributed by atoms with Gasteiger partial charge < -0.3 is 11.1 Å². The molecule has 0 aliphatic heterocycles. The monoisotopic (exact) mass is 352 g/mol. The zero-order valence-electron chi connectivity index (χ0n) is 11.8. The van der Waals surface area contributed by atoms with Crippen LogP contribution in [0.2, 0.25) is 0 Å². The molecule has 24 heavy (non-hydrogen) atoms. The molecule has 0 heterocycles. The molecule has 0 aliphatic rings. The van der Waals surface area contributed by atoms with Gasteiger partial charge in [0.1, 0.15) is 6.04 Å². The van der Waals surface area contributed by atoms with Gasteiger partial charge in [0.15, 0.2) is 0 Å². The maximum atomic E-state index is 12.7. The van der Waals surface area contributed by atoms with Crippen molar-refractivity contribution < 1.29 is 35.9 Å². The summed E-state index contributed by atoms with van der Waals surface area (Å²) in [5.74, 6) is -0.420. The van der Waals surface area contributed by atoms with Crippen molar-refractivity contribution >= 4 is 11.8 Å². The highest BCUT2D eigenvalue weighted by molar-refractivity contribution is 5.97. The minimum absolute atomic E-state index is 0.121. The van der Waals surface area contributed by atoms with E-state index >= 15 is 0 Å². The Hall–Kier alpha value is -2.70. The van der Waals surface area contributed by atoms with Crippen LogP contribution in [0.25, 0.3) is 0 Å². The van der Waals surface area contributed by atoms with Crippen molar-refractivity contribution in [2.24, 2.45) is 5.73 Å². The molecular weight excluding hydrogens is 342 g/mol. The first kappa shape index (κ1) is 19.3. The van der Waals surface area contributed by atoms with Crippen LogP contribution in [0, 0.1) is 12.3 Å². The molecule has 0 fully saturated rings. The number of alkyl halides is 6. The molecule has 0 saturated heterocycles. The van der Waals surface area contributed by atoms with Gasteiger partial charge in [0.05, 0.1) is 11.1 Å². The van der Waals surface area contributed by atoms with E-state index in [4.69, 9.17) is 12.2 Å². The van der Waals surface area contributed by atoms with Crippen molar-refractivity contribution in [2.75, 3.05) is 0 Å². The fourth-order valence-electron chi connectivity index (χ4n) is 1.67. The van der Waals surface area contributed by atoms with Gasteiger partial charge in [-0.15, -0.1) is 12.3 Å². The van der Waals surface area contributed by atoms with Crippen LogP contribution in [0.3, 0.4) is 0 Å². The highest BCUT2D eigenvalue weighted by Gasteiger charge is 2.37. The quantitative estimate of drug-likeness (QED) is 0.645. The SMILES string of the molecule is C#CC[C@@H](NC(=O)c1cc(C(F)(F)F)cc(C(F)(F)F)c1)C(N)=O. The summed E-state index contributed by atoms with van der Waals surface area (Å²) >= 11 is 0. The van der Waals surface area contributed by atoms with Gasteiger partial charge in [0.2, 0.25) is 5.91 Å². The molecule has 0 bridgehead atoms. The molecule has 0 saturated carbocycles. The van der Waals surface area contributed by atoms with E-state index in [0.29, 0.717) is 0 Å². The normalized spacial score (nSPS) is 13.0. The van der Waals surface area contributed by atoms with Gasteiger partial charge in [-0.25, -0.2) is 0 Å². The lowest BCUT2D eigenvalue weighted by molar-refractivity contribution is -0.143. The number of nitrogens with one attached hydrogen (secondary N) is 1. The van der Waals surface area contributed by atoms with Crippen LogP contribution in [0.15, 0.2) is 18.2 Å². The topological polar surface area (TPSA) is 72.2 Å². The molecule has 0 spiro atoms. The number of benzene rings is 1. The van der Waals surface area contributed by atoms with Crippen molar-refractivity contribution in [2.45, 2.75) is 24.8 Å². The summed E-state index contributed by atoms with van der Waals surface area (Å²) in [4.78, 5) is 22.9. The third-order valence-corrected chi connectivity index (χ3v) is 2.82. The summed E-state index contributed by atoms with van der Waals surface area (Å²) in [6.07, 6.45) is -5.63. The zero-order chi connectivity index (χ0) is 18.7. The maximum Gasteiger partial charge on any atom is 0.416 e. The highest BCUT2D eigenvalue weighted by Crippen LogP contribution is 2.36. The van der Waals surface area contributed by atoms with Crippen LogP contribution in [0.1, 0.15) is 27.9 Å². The van der Waals surface area contributed by atoms with E-state index in [1.165, 1.54) is 0 Å². The number of hydrogen-bond acceptors (Lipinski definition) is 2. The number of nitrogens with two attached hydrogens (primary N) is 1. The van der Waals surface area contributed by atoms with E-state index in [1.54, 1.807) is 0 Å². The Labute approximate surface area is 132 Å². The number of terminal acetylenes is 1. The van der Waals surface area contributed by atoms with Gasteiger partial charge in [-0.05, 0) is 18.2 Å². The van der Waals surface area contributed by atoms with E-state index in [2.05, 4.69) is 0 Å². The van der Waals surface area contributed by atoms with Gasteiger partial charge >= 0.3 is 12.4 Å². The van der Waals surface area contributed by atoms with E-state index in [1.807, 2.05) is 11.2 Å². The number of halogens is 6. The first-order valence-corrected chi connectivity index (χ1v) is 6.19. The minimum Gasteiger partial charge on any atom is -0.368 e. The molecule has 130 valence electrons. The van der Waals surface area contributed by atoms with Gasteiger partial charge in [0, 0.05) is 12.0 Å². The molecule has 0 aliphatic carbocycles. The molecule has 0 radical (unpaired) electrons. The molecule has 3 N–H and O–H groups in total. The second kappa shape index (κ2) is 6.82. The predicted octanol–water partition coefficient (Wildman–Crippen LogP) is 2.33. The standard InChI is InChI=1S/C14H10F6N2O2/c1-2-3-10(11(21)23)22-12(24)7-4-8(13(15,16)17)6-9(5-7)14(18,19)20/h1,4-6,10H,3H2,(H2,21,23)(H,22,24)/t10-/m1/s1. The van der Waals surface area contributed by atoms with Gasteiger partial charge in [-0.1, -0.05) is 0 Å².